The summed E-state index contributed by atoms with van der Waals surface area (Å²) in [5.74, 6) is -1.95. The number of pyridine rings is 1. The number of carbonyl (C=O) groups is 4. The van der Waals surface area contributed by atoms with Gasteiger partial charge in [0.05, 0.1) is 24.5 Å². The molecule has 0 aliphatic carbocycles. The Bertz CT molecular complexity index is 2190. The van der Waals surface area contributed by atoms with Gasteiger partial charge in [0.2, 0.25) is 11.8 Å². The van der Waals surface area contributed by atoms with E-state index in [1.807, 2.05) is 38.2 Å². The van der Waals surface area contributed by atoms with E-state index in [0.717, 1.165) is 44.5 Å². The van der Waals surface area contributed by atoms with Gasteiger partial charge < -0.3 is 30.4 Å². The van der Waals surface area contributed by atoms with Gasteiger partial charge in [-0.3, -0.25) is 29.2 Å². The van der Waals surface area contributed by atoms with Gasteiger partial charge in [-0.1, -0.05) is 53.7 Å². The smallest absolute Gasteiger partial charge is 0.324 e. The van der Waals surface area contributed by atoms with Crippen LogP contribution in [0.3, 0.4) is 0 Å². The minimum atomic E-state index is -1.12. The Kier molecular flexibility index (Phi) is 12.6. The molecule has 13 nitrogen and oxygen atoms in total. The molecule has 4 aromatic rings. The predicted octanol–water partition coefficient (Wildman–Crippen LogP) is 5.31. The SMILES string of the molecule is CCn1c(-c2cccnc2C(C)C)c2c3cc(ccc31)-c1cc(O)cc(c1)C[C@H](NC(=O)[C@H](C(C)C)N(C)C(=O)CN)C(=O)N1CCC[C@H](N1)C(=O)OCC(C)(C)C2. The zero-order valence-electron chi connectivity index (χ0n) is 35.1. The van der Waals surface area contributed by atoms with Crippen molar-refractivity contribution in [3.63, 3.8) is 0 Å². The lowest BCUT2D eigenvalue weighted by Gasteiger charge is -2.36. The van der Waals surface area contributed by atoms with Crippen LogP contribution >= 0.6 is 0 Å². The fraction of sp³-hybridized carbons (Fsp3) is 0.489. The first-order chi connectivity index (χ1) is 27.5. The van der Waals surface area contributed by atoms with E-state index >= 15 is 0 Å². The molecule has 1 fully saturated rings. The number of hydrogen-bond donors (Lipinski definition) is 4. The summed E-state index contributed by atoms with van der Waals surface area (Å²) in [6, 6.07) is 12.8. The molecule has 13 heteroatoms. The van der Waals surface area contributed by atoms with Crippen LogP contribution in [-0.4, -0.2) is 93.1 Å². The largest absolute Gasteiger partial charge is 0.508 e. The molecule has 2 aromatic carbocycles. The second-order valence-corrected chi connectivity index (χ2v) is 17.2. The van der Waals surface area contributed by atoms with Crippen molar-refractivity contribution in [1.29, 1.82) is 0 Å². The molecule has 1 saturated heterocycles. The summed E-state index contributed by atoms with van der Waals surface area (Å²) >= 11 is 0. The van der Waals surface area contributed by atoms with E-state index in [9.17, 15) is 24.3 Å². The number of fused-ring (bicyclic) bond motifs is 6. The fourth-order valence-electron chi connectivity index (χ4n) is 8.57. The molecule has 310 valence electrons. The van der Waals surface area contributed by atoms with Crippen molar-refractivity contribution in [1.82, 2.24) is 30.2 Å². The summed E-state index contributed by atoms with van der Waals surface area (Å²) in [7, 11) is 1.52. The number of amides is 3. The Morgan fingerprint density at radius 2 is 1.86 bits per heavy atom. The number of aromatic hydroxyl groups is 1. The van der Waals surface area contributed by atoms with E-state index < -0.39 is 47.2 Å². The first kappa shape index (κ1) is 42.3. The Morgan fingerprint density at radius 1 is 1.10 bits per heavy atom. The number of rotatable bonds is 8. The number of aromatic nitrogens is 2. The molecule has 5 N–H and O–H groups in total. The minimum Gasteiger partial charge on any atom is -0.508 e. The van der Waals surface area contributed by atoms with Crippen molar-refractivity contribution in [2.45, 2.75) is 105 Å². The third kappa shape index (κ3) is 8.75. The maximum Gasteiger partial charge on any atom is 0.324 e. The van der Waals surface area contributed by atoms with Crippen molar-refractivity contribution in [2.24, 2.45) is 17.1 Å². The summed E-state index contributed by atoms with van der Waals surface area (Å²) in [5, 5.41) is 16.6. The molecule has 2 aliphatic rings. The lowest BCUT2D eigenvalue weighted by Crippen LogP contribution is -2.62. The van der Waals surface area contributed by atoms with Crippen molar-refractivity contribution in [3.8, 4) is 28.1 Å². The number of nitrogens with zero attached hydrogens (tertiary/aromatic N) is 4. The number of phenolic OH excluding ortho intramolecular Hbond substituents is 1. The number of nitrogens with two attached hydrogens (primary N) is 1. The number of carbonyl (C=O) groups excluding carboxylic acids is 4. The molecule has 2 aliphatic heterocycles. The highest BCUT2D eigenvalue weighted by Crippen LogP contribution is 2.42. The summed E-state index contributed by atoms with van der Waals surface area (Å²) in [5.41, 5.74) is 15.8. The Hall–Kier alpha value is -5.27. The summed E-state index contributed by atoms with van der Waals surface area (Å²) in [6.07, 6.45) is 3.45. The summed E-state index contributed by atoms with van der Waals surface area (Å²) in [4.78, 5) is 61.0. The van der Waals surface area contributed by atoms with Crippen LogP contribution in [0.4, 0.5) is 0 Å². The topological polar surface area (TPSA) is 172 Å². The first-order valence-electron chi connectivity index (χ1n) is 20.5. The Balaban J connectivity index is 1.52. The second kappa shape index (κ2) is 17.3. The molecule has 0 saturated carbocycles. The average Bonchev–Trinajstić information content (AvgIpc) is 3.49. The quantitative estimate of drug-likeness (QED) is 0.173. The normalized spacial score (nSPS) is 19.2. The number of ether oxygens (including phenoxy) is 1. The monoisotopic (exact) mass is 793 g/mol. The highest BCUT2D eigenvalue weighted by molar-refractivity contribution is 5.96. The molecule has 3 atom stereocenters. The number of benzene rings is 2. The predicted molar refractivity (Wildman–Crippen MR) is 224 cm³/mol. The van der Waals surface area contributed by atoms with E-state index in [2.05, 4.69) is 68.1 Å². The maximum absolute atomic E-state index is 14.4. The average molecular weight is 794 g/mol. The minimum absolute atomic E-state index is 0.0110. The molecule has 0 unspecified atom stereocenters. The molecule has 6 bridgehead atoms. The molecule has 2 aromatic heterocycles. The molecule has 0 radical (unpaired) electrons. The van der Waals surface area contributed by atoms with Crippen LogP contribution in [0.15, 0.2) is 54.7 Å². The molecule has 4 heterocycles. The van der Waals surface area contributed by atoms with Crippen LogP contribution in [0, 0.1) is 11.3 Å². The van der Waals surface area contributed by atoms with Crippen molar-refractivity contribution < 1.29 is 29.0 Å². The van der Waals surface area contributed by atoms with Crippen molar-refractivity contribution in [2.75, 3.05) is 26.7 Å². The van der Waals surface area contributed by atoms with Crippen LogP contribution < -0.4 is 16.5 Å². The van der Waals surface area contributed by atoms with Crippen LogP contribution in [0.5, 0.6) is 5.75 Å². The van der Waals surface area contributed by atoms with Gasteiger partial charge in [0.1, 0.15) is 23.9 Å². The van der Waals surface area contributed by atoms with Crippen molar-refractivity contribution >= 4 is 34.6 Å². The molecule has 0 spiro atoms. The van der Waals surface area contributed by atoms with E-state index in [1.165, 1.54) is 17.0 Å². The van der Waals surface area contributed by atoms with Gasteiger partial charge in [0.15, 0.2) is 0 Å². The number of esters is 1. The van der Waals surface area contributed by atoms with Gasteiger partial charge >= 0.3 is 5.97 Å². The number of nitrogens with one attached hydrogen (secondary N) is 2. The van der Waals surface area contributed by atoms with Gasteiger partial charge in [-0.2, -0.15) is 0 Å². The fourth-order valence-corrected chi connectivity index (χ4v) is 8.57. The molecule has 58 heavy (non-hydrogen) atoms. The lowest BCUT2D eigenvalue weighted by atomic mass is 9.83. The number of likely N-dealkylation sites (N-methyl/N-ethyl adjacent to an activating group) is 1. The van der Waals surface area contributed by atoms with Crippen LogP contribution in [0.1, 0.15) is 84.0 Å². The summed E-state index contributed by atoms with van der Waals surface area (Å²) in [6.45, 7) is 15.1. The van der Waals surface area contributed by atoms with Gasteiger partial charge in [0, 0.05) is 54.6 Å². The van der Waals surface area contributed by atoms with Crippen LogP contribution in [0.25, 0.3) is 33.3 Å². The summed E-state index contributed by atoms with van der Waals surface area (Å²) < 4.78 is 8.40. The van der Waals surface area contributed by atoms with Gasteiger partial charge in [-0.15, -0.1) is 0 Å². The maximum atomic E-state index is 14.4. The van der Waals surface area contributed by atoms with Crippen LogP contribution in [0.2, 0.25) is 0 Å². The van der Waals surface area contributed by atoms with Gasteiger partial charge in [-0.25, -0.2) is 5.43 Å². The number of cyclic esters (lactones) is 1. The first-order valence-corrected chi connectivity index (χ1v) is 20.5. The van der Waals surface area contributed by atoms with E-state index in [4.69, 9.17) is 15.5 Å². The van der Waals surface area contributed by atoms with E-state index in [0.29, 0.717) is 37.9 Å². The van der Waals surface area contributed by atoms with Crippen LogP contribution in [-0.2, 0) is 43.3 Å². The highest BCUT2D eigenvalue weighted by Gasteiger charge is 2.37. The molecule has 3 amide bonds. The zero-order chi connectivity index (χ0) is 42.1. The molecule has 6 rings (SSSR count). The van der Waals surface area contributed by atoms with E-state index in [-0.39, 0.29) is 37.2 Å². The standard InChI is InChI=1S/C45H59N7O6/c1-9-51-37-15-14-29-22-33(37)34(41(51)32-12-10-16-47-39(32)26(2)3)23-45(6,7)25-58-44(57)35-13-11-17-52(49-35)43(56)36(20-28-18-30(29)21-31(53)19-28)48-42(55)40(27(4)5)50(8)38(54)24-46/h10,12,14-16,18-19,21-22,26-27,35-36,40,49,53H,9,11,13,17,20,23-25,46H2,1-8H3,(H,48,55)/t35-,36-,40-/m0/s1. The lowest BCUT2D eigenvalue weighted by molar-refractivity contribution is -0.155. The Morgan fingerprint density at radius 3 is 2.55 bits per heavy atom. The molecular formula is C45H59N7O6. The second-order valence-electron chi connectivity index (χ2n) is 17.2. The Labute approximate surface area is 341 Å². The van der Waals surface area contributed by atoms with Gasteiger partial charge in [0.25, 0.3) is 5.91 Å². The number of hydrazine groups is 1. The number of hydrogen-bond acceptors (Lipinski definition) is 9. The molecular weight excluding hydrogens is 735 g/mol. The third-order valence-electron chi connectivity index (χ3n) is 11.4. The highest BCUT2D eigenvalue weighted by atomic mass is 16.5. The number of phenols is 1. The van der Waals surface area contributed by atoms with Crippen molar-refractivity contribution in [3.05, 3.63) is 71.5 Å². The van der Waals surface area contributed by atoms with E-state index in [1.54, 1.807) is 12.1 Å². The zero-order valence-corrected chi connectivity index (χ0v) is 35.1. The number of aryl methyl sites for hydroxylation is 1. The van der Waals surface area contributed by atoms with Gasteiger partial charge in [-0.05, 0) is 96.7 Å². The third-order valence-corrected chi connectivity index (χ3v) is 11.4.